The fourth-order valence-electron chi connectivity index (χ4n) is 2.80. The molecule has 0 aliphatic heterocycles. The van der Waals surface area contributed by atoms with Gasteiger partial charge >= 0.3 is 12.1 Å². The van der Waals surface area contributed by atoms with Crippen LogP contribution in [0.3, 0.4) is 0 Å². The lowest BCUT2D eigenvalue weighted by atomic mass is 10.0. The summed E-state index contributed by atoms with van der Waals surface area (Å²) in [5.41, 5.74) is -0.707. The molecular formula is C20H15F3N2O3. The number of nitrogens with one attached hydrogen (secondary N) is 1. The number of aromatic nitrogens is 1. The van der Waals surface area contributed by atoms with Gasteiger partial charge in [-0.2, -0.15) is 13.2 Å². The minimum atomic E-state index is -4.73. The van der Waals surface area contributed by atoms with Gasteiger partial charge in [0, 0.05) is 17.5 Å². The number of hydrogen-bond acceptors (Lipinski definition) is 3. The number of aliphatic carboxylic acids is 1. The van der Waals surface area contributed by atoms with Crippen molar-refractivity contribution in [2.24, 2.45) is 0 Å². The summed E-state index contributed by atoms with van der Waals surface area (Å²) in [6.07, 6.45) is -4.90. The molecule has 2 N–H and O–H groups in total. The number of rotatable bonds is 5. The Morgan fingerprint density at radius 2 is 1.68 bits per heavy atom. The molecule has 1 heterocycles. The third kappa shape index (κ3) is 4.28. The van der Waals surface area contributed by atoms with E-state index in [1.54, 1.807) is 24.3 Å². The number of nitrogens with zero attached hydrogens (tertiary/aromatic N) is 1. The van der Waals surface area contributed by atoms with Crippen molar-refractivity contribution in [1.82, 2.24) is 10.3 Å². The van der Waals surface area contributed by atoms with Gasteiger partial charge in [-0.15, -0.1) is 0 Å². The number of pyridine rings is 1. The molecule has 1 atom stereocenters. The maximum absolute atomic E-state index is 13.1. The predicted molar refractivity (Wildman–Crippen MR) is 95.8 cm³/mol. The molecule has 1 amide bonds. The van der Waals surface area contributed by atoms with E-state index in [0.717, 1.165) is 23.6 Å². The maximum atomic E-state index is 13.1. The summed E-state index contributed by atoms with van der Waals surface area (Å²) < 4.78 is 39.3. The highest BCUT2D eigenvalue weighted by Crippen LogP contribution is 2.31. The van der Waals surface area contributed by atoms with Gasteiger partial charge in [0.2, 0.25) is 0 Å². The molecule has 0 spiro atoms. The number of amides is 1. The van der Waals surface area contributed by atoms with Crippen LogP contribution in [0, 0.1) is 0 Å². The average molecular weight is 388 g/mol. The Balaban J connectivity index is 1.83. The Kier molecular flexibility index (Phi) is 5.30. The molecule has 144 valence electrons. The van der Waals surface area contributed by atoms with E-state index in [0.29, 0.717) is 11.2 Å². The van der Waals surface area contributed by atoms with E-state index in [2.05, 4.69) is 10.3 Å². The van der Waals surface area contributed by atoms with Crippen LogP contribution in [0.2, 0.25) is 0 Å². The third-order valence-corrected chi connectivity index (χ3v) is 4.15. The molecule has 28 heavy (non-hydrogen) atoms. The zero-order valence-corrected chi connectivity index (χ0v) is 14.4. The summed E-state index contributed by atoms with van der Waals surface area (Å²) in [4.78, 5) is 28.2. The number of carbonyl (C=O) groups excluding carboxylic acids is 1. The second-order valence-corrected chi connectivity index (χ2v) is 6.11. The van der Waals surface area contributed by atoms with Gasteiger partial charge in [-0.25, -0.2) is 4.79 Å². The fraction of sp³-hybridized carbons (Fsp3) is 0.150. The quantitative estimate of drug-likeness (QED) is 0.699. The van der Waals surface area contributed by atoms with Crippen LogP contribution >= 0.6 is 0 Å². The van der Waals surface area contributed by atoms with Crippen LogP contribution in [-0.2, 0) is 17.4 Å². The number of benzene rings is 2. The molecule has 2 aromatic carbocycles. The smallest absolute Gasteiger partial charge is 0.417 e. The van der Waals surface area contributed by atoms with Crippen molar-refractivity contribution in [1.29, 1.82) is 0 Å². The lowest BCUT2D eigenvalue weighted by Crippen LogP contribution is -2.43. The van der Waals surface area contributed by atoms with Crippen LogP contribution in [0.25, 0.3) is 10.9 Å². The van der Waals surface area contributed by atoms with Gasteiger partial charge in [0.1, 0.15) is 6.04 Å². The molecule has 1 aromatic heterocycles. The average Bonchev–Trinajstić information content (AvgIpc) is 2.66. The van der Waals surface area contributed by atoms with Crippen LogP contribution in [-0.4, -0.2) is 28.0 Å². The molecule has 5 nitrogen and oxygen atoms in total. The fourth-order valence-corrected chi connectivity index (χ4v) is 2.80. The molecule has 0 saturated heterocycles. The van der Waals surface area contributed by atoms with Crippen molar-refractivity contribution in [3.05, 3.63) is 77.5 Å². The van der Waals surface area contributed by atoms with Crippen LogP contribution in [0.4, 0.5) is 13.2 Å². The van der Waals surface area contributed by atoms with E-state index < -0.39 is 35.2 Å². The van der Waals surface area contributed by atoms with E-state index >= 15 is 0 Å². The van der Waals surface area contributed by atoms with Crippen molar-refractivity contribution < 1.29 is 27.9 Å². The molecule has 8 heteroatoms. The van der Waals surface area contributed by atoms with E-state index in [1.807, 2.05) is 12.1 Å². The lowest BCUT2D eigenvalue weighted by molar-refractivity contribution is -0.139. The second-order valence-electron chi connectivity index (χ2n) is 6.11. The molecule has 0 aliphatic carbocycles. The monoisotopic (exact) mass is 388 g/mol. The van der Waals surface area contributed by atoms with E-state index in [4.69, 9.17) is 0 Å². The highest BCUT2D eigenvalue weighted by molar-refractivity contribution is 5.98. The summed E-state index contributed by atoms with van der Waals surface area (Å²) in [6, 6.07) is 13.4. The summed E-state index contributed by atoms with van der Waals surface area (Å²) in [7, 11) is 0. The van der Waals surface area contributed by atoms with E-state index in [-0.39, 0.29) is 6.42 Å². The molecule has 0 radical (unpaired) electrons. The van der Waals surface area contributed by atoms with Crippen molar-refractivity contribution in [2.45, 2.75) is 18.6 Å². The minimum Gasteiger partial charge on any atom is -0.480 e. The molecule has 3 rings (SSSR count). The van der Waals surface area contributed by atoms with Crippen molar-refractivity contribution in [3.8, 4) is 0 Å². The molecule has 3 aromatic rings. The lowest BCUT2D eigenvalue weighted by Gasteiger charge is -2.17. The first-order valence-corrected chi connectivity index (χ1v) is 8.30. The SMILES string of the molecule is O=C(N[C@@H](Cc1ccc2ccccc2n1)C(=O)O)c1ccccc1C(F)(F)F. The number of para-hydroxylation sites is 1. The number of fused-ring (bicyclic) bond motifs is 1. The van der Waals surface area contributed by atoms with Gasteiger partial charge in [0.05, 0.1) is 16.6 Å². The minimum absolute atomic E-state index is 0.167. The Morgan fingerprint density at radius 3 is 2.39 bits per heavy atom. The van der Waals surface area contributed by atoms with E-state index in [9.17, 15) is 27.9 Å². The van der Waals surface area contributed by atoms with Gasteiger partial charge in [-0.05, 0) is 24.3 Å². The number of carbonyl (C=O) groups is 2. The van der Waals surface area contributed by atoms with Crippen LogP contribution < -0.4 is 5.32 Å². The summed E-state index contributed by atoms with van der Waals surface area (Å²) >= 11 is 0. The number of carboxylic acids is 1. The highest BCUT2D eigenvalue weighted by Gasteiger charge is 2.35. The summed E-state index contributed by atoms with van der Waals surface area (Å²) in [5.74, 6) is -2.48. The number of halogens is 3. The first kappa shape index (κ1) is 19.3. The number of alkyl halides is 3. The largest absolute Gasteiger partial charge is 0.480 e. The number of hydrogen-bond donors (Lipinski definition) is 2. The Hall–Kier alpha value is -3.42. The van der Waals surface area contributed by atoms with Crippen molar-refractivity contribution in [3.63, 3.8) is 0 Å². The third-order valence-electron chi connectivity index (χ3n) is 4.15. The molecule has 0 bridgehead atoms. The highest BCUT2D eigenvalue weighted by atomic mass is 19.4. The van der Waals surface area contributed by atoms with Crippen molar-refractivity contribution >= 4 is 22.8 Å². The van der Waals surface area contributed by atoms with E-state index in [1.165, 1.54) is 6.07 Å². The summed E-state index contributed by atoms with van der Waals surface area (Å²) in [6.45, 7) is 0. The van der Waals surface area contributed by atoms with Gasteiger partial charge < -0.3 is 10.4 Å². The first-order chi connectivity index (χ1) is 13.3. The molecule has 0 saturated carbocycles. The molecule has 0 unspecified atom stereocenters. The molecule has 0 aliphatic rings. The maximum Gasteiger partial charge on any atom is 0.417 e. The topological polar surface area (TPSA) is 79.3 Å². The zero-order chi connectivity index (χ0) is 20.3. The predicted octanol–water partition coefficient (Wildman–Crippen LogP) is 3.68. The van der Waals surface area contributed by atoms with Crippen LogP contribution in [0.1, 0.15) is 21.6 Å². The molecular weight excluding hydrogens is 373 g/mol. The van der Waals surface area contributed by atoms with Gasteiger partial charge in [0.15, 0.2) is 0 Å². The normalized spacial score (nSPS) is 12.5. The van der Waals surface area contributed by atoms with Gasteiger partial charge in [0.25, 0.3) is 5.91 Å². The summed E-state index contributed by atoms with van der Waals surface area (Å²) in [5, 5.41) is 12.4. The Labute approximate surface area is 157 Å². The van der Waals surface area contributed by atoms with Gasteiger partial charge in [-0.3, -0.25) is 9.78 Å². The Bertz CT molecular complexity index is 1030. The zero-order valence-electron chi connectivity index (χ0n) is 14.4. The van der Waals surface area contributed by atoms with Crippen LogP contribution in [0.15, 0.2) is 60.7 Å². The van der Waals surface area contributed by atoms with Crippen LogP contribution in [0.5, 0.6) is 0 Å². The standard InChI is InChI=1S/C20H15F3N2O3/c21-20(22,23)15-7-3-2-6-14(15)18(26)25-17(19(27)28)11-13-10-9-12-5-1-4-8-16(12)24-13/h1-10,17H,11H2,(H,25,26)(H,27,28)/t17-/m0/s1. The Morgan fingerprint density at radius 1 is 1.00 bits per heavy atom. The second kappa shape index (κ2) is 7.67. The molecule has 0 fully saturated rings. The van der Waals surface area contributed by atoms with Crippen molar-refractivity contribution in [2.75, 3.05) is 0 Å². The number of carboxylic acid groups (broad SMARTS) is 1. The first-order valence-electron chi connectivity index (χ1n) is 8.30. The van der Waals surface area contributed by atoms with Gasteiger partial charge in [-0.1, -0.05) is 36.4 Å².